The summed E-state index contributed by atoms with van der Waals surface area (Å²) in [6, 6.07) is 0. The number of hydrogen-bond donors (Lipinski definition) is 2. The molecule has 4 heteroatoms. The van der Waals surface area contributed by atoms with Crippen LogP contribution in [0.4, 0.5) is 0 Å². The lowest BCUT2D eigenvalue weighted by atomic mass is 9.44. The molecule has 4 aliphatic carbocycles. The number of carbonyl (C=O) groups is 2. The largest absolute Gasteiger partial charge is 0.481 e. The molecular weight excluding hydrogens is 352 g/mol. The summed E-state index contributed by atoms with van der Waals surface area (Å²) in [6.07, 6.45) is 8.96. The highest BCUT2D eigenvalue weighted by Crippen LogP contribution is 2.67. The van der Waals surface area contributed by atoms with E-state index in [0.717, 1.165) is 32.1 Å². The summed E-state index contributed by atoms with van der Waals surface area (Å²) in [5, 5.41) is 19.3. The second kappa shape index (κ2) is 7.11. The Kier molecular flexibility index (Phi) is 5.17. The van der Waals surface area contributed by atoms with Crippen LogP contribution >= 0.6 is 0 Å². The Hall–Kier alpha value is -0.900. The monoisotopic (exact) mass is 390 g/mol. The first-order valence-corrected chi connectivity index (χ1v) is 11.6. The van der Waals surface area contributed by atoms with E-state index in [1.165, 1.54) is 12.8 Å². The predicted octanol–water partition coefficient (Wildman–Crippen LogP) is 4.69. The van der Waals surface area contributed by atoms with Crippen LogP contribution in [0.25, 0.3) is 0 Å². The molecule has 0 heterocycles. The summed E-state index contributed by atoms with van der Waals surface area (Å²) in [5.74, 6) is 2.52. The lowest BCUT2D eigenvalue weighted by Gasteiger charge is -2.60. The van der Waals surface area contributed by atoms with Crippen molar-refractivity contribution >= 4 is 11.8 Å². The Morgan fingerprint density at radius 3 is 2.61 bits per heavy atom. The normalized spacial score (nSPS) is 49.1. The van der Waals surface area contributed by atoms with E-state index < -0.39 is 5.97 Å². The smallest absolute Gasteiger partial charge is 0.303 e. The van der Waals surface area contributed by atoms with E-state index in [-0.39, 0.29) is 23.4 Å². The fourth-order valence-corrected chi connectivity index (χ4v) is 8.44. The van der Waals surface area contributed by atoms with E-state index in [0.29, 0.717) is 54.1 Å². The summed E-state index contributed by atoms with van der Waals surface area (Å²) in [7, 11) is 0. The summed E-state index contributed by atoms with van der Waals surface area (Å²) in [5.41, 5.74) is -0.0391. The van der Waals surface area contributed by atoms with Crippen LogP contribution in [0.3, 0.4) is 0 Å². The Morgan fingerprint density at radius 1 is 1.14 bits per heavy atom. The van der Waals surface area contributed by atoms with Crippen LogP contribution in [-0.2, 0) is 9.59 Å². The van der Waals surface area contributed by atoms with Crippen molar-refractivity contribution in [2.45, 2.75) is 91.1 Å². The molecule has 0 bridgehead atoms. The number of aliphatic hydroxyl groups excluding tert-OH is 1. The van der Waals surface area contributed by atoms with Crippen molar-refractivity contribution in [1.82, 2.24) is 0 Å². The average Bonchev–Trinajstić information content (AvgIpc) is 3.00. The van der Waals surface area contributed by atoms with Gasteiger partial charge in [0.15, 0.2) is 0 Å². The SMILES string of the molecule is C[C@H](CCC(=O)O)[C@H]1CC[C@H]2[C@@H]3CCC4C[C@H](O)CC[C@]4(C)[C@H]3CC(=O)[C@]12C. The summed E-state index contributed by atoms with van der Waals surface area (Å²) in [6.45, 7) is 6.81. The molecule has 0 aromatic heterocycles. The van der Waals surface area contributed by atoms with Gasteiger partial charge < -0.3 is 10.2 Å². The number of carboxylic acid groups (broad SMARTS) is 1. The number of aliphatic hydroxyl groups is 1. The van der Waals surface area contributed by atoms with Gasteiger partial charge in [0.05, 0.1) is 6.10 Å². The molecule has 4 saturated carbocycles. The van der Waals surface area contributed by atoms with Crippen molar-refractivity contribution < 1.29 is 19.8 Å². The van der Waals surface area contributed by atoms with Gasteiger partial charge in [-0.3, -0.25) is 9.59 Å². The Bertz CT molecular complexity index is 645. The maximum absolute atomic E-state index is 13.6. The van der Waals surface area contributed by atoms with Crippen molar-refractivity contribution in [3.63, 3.8) is 0 Å². The first kappa shape index (κ1) is 20.4. The Balaban J connectivity index is 1.57. The van der Waals surface area contributed by atoms with Gasteiger partial charge in [0, 0.05) is 18.3 Å². The van der Waals surface area contributed by atoms with Gasteiger partial charge in [-0.05, 0) is 92.3 Å². The van der Waals surface area contributed by atoms with E-state index >= 15 is 0 Å². The van der Waals surface area contributed by atoms with E-state index in [1.54, 1.807) is 0 Å². The zero-order chi connectivity index (χ0) is 20.3. The second-order valence-electron chi connectivity index (χ2n) is 11.1. The van der Waals surface area contributed by atoms with E-state index in [4.69, 9.17) is 5.11 Å². The van der Waals surface area contributed by atoms with E-state index in [2.05, 4.69) is 20.8 Å². The molecule has 4 rings (SSSR count). The molecule has 4 nitrogen and oxygen atoms in total. The van der Waals surface area contributed by atoms with Gasteiger partial charge in [0.1, 0.15) is 5.78 Å². The number of rotatable bonds is 4. The van der Waals surface area contributed by atoms with Crippen LogP contribution in [0.15, 0.2) is 0 Å². The molecule has 0 amide bonds. The molecule has 0 radical (unpaired) electrons. The Morgan fingerprint density at radius 2 is 1.89 bits per heavy atom. The number of aliphatic carboxylic acids is 1. The number of hydrogen-bond acceptors (Lipinski definition) is 3. The highest BCUT2D eigenvalue weighted by molar-refractivity contribution is 5.87. The summed E-state index contributed by atoms with van der Waals surface area (Å²) < 4.78 is 0. The fraction of sp³-hybridized carbons (Fsp3) is 0.917. The molecule has 0 spiro atoms. The molecule has 0 saturated heterocycles. The number of carboxylic acids is 1. The van der Waals surface area contributed by atoms with Crippen molar-refractivity contribution in [2.75, 3.05) is 0 Å². The molecule has 2 N–H and O–H groups in total. The van der Waals surface area contributed by atoms with Gasteiger partial charge in [-0.25, -0.2) is 0 Å². The molecule has 1 unspecified atom stereocenters. The van der Waals surface area contributed by atoms with Gasteiger partial charge in [0.25, 0.3) is 0 Å². The number of fused-ring (bicyclic) bond motifs is 5. The van der Waals surface area contributed by atoms with Gasteiger partial charge in [0.2, 0.25) is 0 Å². The molecule has 158 valence electrons. The minimum atomic E-state index is -0.729. The lowest BCUT2D eigenvalue weighted by molar-refractivity contribution is -0.160. The van der Waals surface area contributed by atoms with Crippen LogP contribution in [0.5, 0.6) is 0 Å². The third-order valence-electron chi connectivity index (χ3n) is 10.1. The Labute approximate surface area is 169 Å². The van der Waals surface area contributed by atoms with Crippen molar-refractivity contribution in [2.24, 2.45) is 46.3 Å². The summed E-state index contributed by atoms with van der Waals surface area (Å²) in [4.78, 5) is 24.7. The highest BCUT2D eigenvalue weighted by Gasteiger charge is 2.63. The van der Waals surface area contributed by atoms with Crippen molar-refractivity contribution in [3.05, 3.63) is 0 Å². The molecule has 28 heavy (non-hydrogen) atoms. The van der Waals surface area contributed by atoms with Crippen LogP contribution in [0.2, 0.25) is 0 Å². The molecule has 0 aromatic rings. The molecular formula is C24H38O4. The van der Waals surface area contributed by atoms with Gasteiger partial charge in [-0.1, -0.05) is 20.8 Å². The minimum Gasteiger partial charge on any atom is -0.481 e. The molecule has 0 aliphatic heterocycles. The summed E-state index contributed by atoms with van der Waals surface area (Å²) >= 11 is 0. The van der Waals surface area contributed by atoms with Gasteiger partial charge in [-0.2, -0.15) is 0 Å². The number of ketones is 1. The van der Waals surface area contributed by atoms with Crippen molar-refractivity contribution in [1.29, 1.82) is 0 Å². The van der Waals surface area contributed by atoms with Crippen molar-refractivity contribution in [3.8, 4) is 0 Å². The third kappa shape index (κ3) is 2.97. The second-order valence-corrected chi connectivity index (χ2v) is 11.1. The zero-order valence-electron chi connectivity index (χ0n) is 17.8. The first-order chi connectivity index (χ1) is 13.2. The average molecular weight is 391 g/mol. The lowest BCUT2D eigenvalue weighted by Crippen LogP contribution is -2.57. The first-order valence-electron chi connectivity index (χ1n) is 11.6. The van der Waals surface area contributed by atoms with E-state index in [1.807, 2.05) is 0 Å². The molecule has 4 aliphatic rings. The highest BCUT2D eigenvalue weighted by atomic mass is 16.4. The molecule has 0 aromatic carbocycles. The van der Waals surface area contributed by atoms with Gasteiger partial charge in [-0.15, -0.1) is 0 Å². The fourth-order valence-electron chi connectivity index (χ4n) is 8.44. The molecule has 4 fully saturated rings. The quantitative estimate of drug-likeness (QED) is 0.730. The third-order valence-corrected chi connectivity index (χ3v) is 10.1. The van der Waals surface area contributed by atoms with Crippen LogP contribution < -0.4 is 0 Å². The van der Waals surface area contributed by atoms with Gasteiger partial charge >= 0.3 is 5.97 Å². The zero-order valence-corrected chi connectivity index (χ0v) is 17.8. The standard InChI is InChI=1S/C24H38O4/c1-14(4-9-22(27)28)18-7-8-19-17-6-5-15-12-16(25)10-11-23(15,2)20(17)13-21(26)24(18,19)3/h14-20,25H,4-13H2,1-3H3,(H,27,28)/t14-,15?,16-,17+,18-,19+,20+,23+,24-/m1/s1. The maximum atomic E-state index is 13.6. The minimum absolute atomic E-state index is 0.148. The predicted molar refractivity (Wildman–Crippen MR) is 108 cm³/mol. The topological polar surface area (TPSA) is 74.6 Å². The number of carbonyl (C=O) groups excluding carboxylic acids is 1. The van der Waals surface area contributed by atoms with Crippen LogP contribution in [0, 0.1) is 46.3 Å². The number of Topliss-reactive ketones (excluding diaryl/α,β-unsaturated/α-hetero) is 1. The van der Waals surface area contributed by atoms with E-state index in [9.17, 15) is 14.7 Å². The van der Waals surface area contributed by atoms with Crippen LogP contribution in [0.1, 0.15) is 85.0 Å². The molecule has 9 atom stereocenters. The maximum Gasteiger partial charge on any atom is 0.303 e. The van der Waals surface area contributed by atoms with Crippen LogP contribution in [-0.4, -0.2) is 28.1 Å².